The number of likely N-dealkylation sites (N-methyl/N-ethyl adjacent to an activating group) is 1. The van der Waals surface area contributed by atoms with Gasteiger partial charge in [0.2, 0.25) is 0 Å². The van der Waals surface area contributed by atoms with Gasteiger partial charge in [0.1, 0.15) is 17.9 Å². The second-order valence-electron chi connectivity index (χ2n) is 5.58. The number of ether oxygens (including phenoxy) is 2. The Morgan fingerprint density at radius 2 is 1.76 bits per heavy atom. The van der Waals surface area contributed by atoms with Gasteiger partial charge in [-0.3, -0.25) is 9.59 Å². The molecule has 0 saturated carbocycles. The summed E-state index contributed by atoms with van der Waals surface area (Å²) in [6.45, 7) is 5.15. The van der Waals surface area contributed by atoms with E-state index in [2.05, 4.69) is 22.6 Å². The Hall–Kier alpha value is -1.31. The van der Waals surface area contributed by atoms with E-state index in [-0.39, 0.29) is 19.1 Å². The summed E-state index contributed by atoms with van der Waals surface area (Å²) < 4.78 is 11.6. The summed E-state index contributed by atoms with van der Waals surface area (Å²) in [5.41, 5.74) is -0.557. The molecule has 0 aliphatic heterocycles. The van der Waals surface area contributed by atoms with Crippen molar-refractivity contribution in [3.8, 4) is 5.75 Å². The highest BCUT2D eigenvalue weighted by Crippen LogP contribution is 2.13. The van der Waals surface area contributed by atoms with E-state index < -0.39 is 11.6 Å². The van der Waals surface area contributed by atoms with Crippen molar-refractivity contribution in [3.05, 3.63) is 27.8 Å². The van der Waals surface area contributed by atoms with Crippen molar-refractivity contribution < 1.29 is 19.1 Å². The third-order valence-corrected chi connectivity index (χ3v) is 3.11. The second-order valence-corrected chi connectivity index (χ2v) is 6.82. The molecule has 0 atom stereocenters. The fourth-order valence-corrected chi connectivity index (χ4v) is 1.80. The SMILES string of the molecule is CN(CC(=O)OC(C)(C)C)C(=O)COc1ccc(I)cc1. The monoisotopic (exact) mass is 405 g/mol. The Morgan fingerprint density at radius 1 is 1.19 bits per heavy atom. The van der Waals surface area contributed by atoms with Crippen LogP contribution < -0.4 is 4.74 Å². The molecule has 0 aliphatic rings. The molecular weight excluding hydrogens is 385 g/mol. The van der Waals surface area contributed by atoms with Crippen molar-refractivity contribution in [2.24, 2.45) is 0 Å². The molecule has 1 aromatic rings. The molecule has 1 rings (SSSR count). The number of nitrogens with zero attached hydrogens (tertiary/aromatic N) is 1. The predicted molar refractivity (Wildman–Crippen MR) is 88.1 cm³/mol. The first-order valence-corrected chi connectivity index (χ1v) is 7.59. The lowest BCUT2D eigenvalue weighted by Gasteiger charge is -2.22. The van der Waals surface area contributed by atoms with Crippen LogP contribution in [-0.4, -0.2) is 42.6 Å². The first-order chi connectivity index (χ1) is 9.67. The van der Waals surface area contributed by atoms with Gasteiger partial charge >= 0.3 is 5.97 Å². The molecule has 0 bridgehead atoms. The van der Waals surface area contributed by atoms with Gasteiger partial charge in [-0.05, 0) is 67.6 Å². The van der Waals surface area contributed by atoms with Gasteiger partial charge in [0, 0.05) is 10.6 Å². The van der Waals surface area contributed by atoms with Crippen LogP contribution in [0.15, 0.2) is 24.3 Å². The van der Waals surface area contributed by atoms with Crippen molar-refractivity contribution in [1.82, 2.24) is 4.90 Å². The summed E-state index contributed by atoms with van der Waals surface area (Å²) in [6.07, 6.45) is 0. The van der Waals surface area contributed by atoms with Crippen LogP contribution in [0, 0.1) is 3.57 Å². The standard InChI is InChI=1S/C15H20INO4/c1-15(2,3)21-14(19)9-17(4)13(18)10-20-12-7-5-11(16)6-8-12/h5-8H,9-10H2,1-4H3. The van der Waals surface area contributed by atoms with Crippen LogP contribution in [-0.2, 0) is 14.3 Å². The van der Waals surface area contributed by atoms with E-state index in [1.54, 1.807) is 40.0 Å². The van der Waals surface area contributed by atoms with Gasteiger partial charge in [0.15, 0.2) is 6.61 Å². The van der Waals surface area contributed by atoms with Gasteiger partial charge in [0.05, 0.1) is 0 Å². The number of carbonyl (C=O) groups is 2. The number of hydrogen-bond donors (Lipinski definition) is 0. The molecule has 0 fully saturated rings. The minimum absolute atomic E-state index is 0.0911. The van der Waals surface area contributed by atoms with Crippen LogP contribution in [0.4, 0.5) is 0 Å². The fourth-order valence-electron chi connectivity index (χ4n) is 1.44. The van der Waals surface area contributed by atoms with Crippen LogP contribution in [0.1, 0.15) is 20.8 Å². The number of carbonyl (C=O) groups excluding carboxylic acids is 2. The van der Waals surface area contributed by atoms with Crippen LogP contribution in [0.5, 0.6) is 5.75 Å². The maximum atomic E-state index is 11.9. The largest absolute Gasteiger partial charge is 0.484 e. The second kappa shape index (κ2) is 7.63. The lowest BCUT2D eigenvalue weighted by molar-refractivity contribution is -0.158. The molecule has 0 aliphatic carbocycles. The normalized spacial score (nSPS) is 10.9. The summed E-state index contributed by atoms with van der Waals surface area (Å²) >= 11 is 2.19. The van der Waals surface area contributed by atoms with Crippen LogP contribution >= 0.6 is 22.6 Å². The Bertz CT molecular complexity index is 493. The van der Waals surface area contributed by atoms with Gasteiger partial charge in [-0.2, -0.15) is 0 Å². The topological polar surface area (TPSA) is 55.8 Å². The average Bonchev–Trinajstić information content (AvgIpc) is 2.35. The van der Waals surface area contributed by atoms with Crippen molar-refractivity contribution in [2.75, 3.05) is 20.2 Å². The predicted octanol–water partition coefficient (Wildman–Crippen LogP) is 2.47. The minimum Gasteiger partial charge on any atom is -0.484 e. The summed E-state index contributed by atoms with van der Waals surface area (Å²) in [5.74, 6) is -0.0959. The van der Waals surface area contributed by atoms with E-state index in [0.29, 0.717) is 5.75 Å². The summed E-state index contributed by atoms with van der Waals surface area (Å²) in [4.78, 5) is 24.8. The van der Waals surface area contributed by atoms with E-state index in [9.17, 15) is 9.59 Å². The number of amides is 1. The Balaban J connectivity index is 2.40. The quantitative estimate of drug-likeness (QED) is 0.558. The lowest BCUT2D eigenvalue weighted by Crippen LogP contribution is -2.38. The minimum atomic E-state index is -0.557. The molecule has 0 spiro atoms. The van der Waals surface area contributed by atoms with Crippen molar-refractivity contribution in [1.29, 1.82) is 0 Å². The zero-order chi connectivity index (χ0) is 16.0. The first-order valence-electron chi connectivity index (χ1n) is 6.51. The molecule has 21 heavy (non-hydrogen) atoms. The van der Waals surface area contributed by atoms with Crippen molar-refractivity contribution >= 4 is 34.5 Å². The molecule has 116 valence electrons. The molecule has 6 heteroatoms. The molecule has 0 heterocycles. The van der Waals surface area contributed by atoms with Gasteiger partial charge in [0.25, 0.3) is 5.91 Å². The fraction of sp³-hybridized carbons (Fsp3) is 0.467. The van der Waals surface area contributed by atoms with Gasteiger partial charge in [-0.1, -0.05) is 0 Å². The van der Waals surface area contributed by atoms with E-state index >= 15 is 0 Å². The number of hydrogen-bond acceptors (Lipinski definition) is 4. The van der Waals surface area contributed by atoms with Crippen molar-refractivity contribution in [3.63, 3.8) is 0 Å². The zero-order valence-corrected chi connectivity index (χ0v) is 14.8. The van der Waals surface area contributed by atoms with E-state index in [0.717, 1.165) is 3.57 Å². The van der Waals surface area contributed by atoms with Crippen molar-refractivity contribution in [2.45, 2.75) is 26.4 Å². The lowest BCUT2D eigenvalue weighted by atomic mass is 10.2. The average molecular weight is 405 g/mol. The highest BCUT2D eigenvalue weighted by atomic mass is 127. The smallest absolute Gasteiger partial charge is 0.326 e. The highest BCUT2D eigenvalue weighted by molar-refractivity contribution is 14.1. The maximum Gasteiger partial charge on any atom is 0.326 e. The Labute approximate surface area is 138 Å². The molecule has 0 N–H and O–H groups in total. The van der Waals surface area contributed by atoms with E-state index in [4.69, 9.17) is 9.47 Å². The summed E-state index contributed by atoms with van der Waals surface area (Å²) in [7, 11) is 1.55. The van der Waals surface area contributed by atoms with E-state index in [1.807, 2.05) is 12.1 Å². The third-order valence-electron chi connectivity index (χ3n) is 2.39. The number of rotatable bonds is 5. The van der Waals surface area contributed by atoms with Crippen LogP contribution in [0.2, 0.25) is 0 Å². The third kappa shape index (κ3) is 7.31. The highest BCUT2D eigenvalue weighted by Gasteiger charge is 2.19. The van der Waals surface area contributed by atoms with Crippen LogP contribution in [0.25, 0.3) is 0 Å². The molecule has 0 unspecified atom stereocenters. The van der Waals surface area contributed by atoms with Gasteiger partial charge in [-0.15, -0.1) is 0 Å². The molecular formula is C15H20INO4. The summed E-state index contributed by atoms with van der Waals surface area (Å²) in [6, 6.07) is 7.38. The Kier molecular flexibility index (Phi) is 6.44. The molecule has 1 amide bonds. The molecule has 5 nitrogen and oxygen atoms in total. The Morgan fingerprint density at radius 3 is 2.29 bits per heavy atom. The van der Waals surface area contributed by atoms with Gasteiger partial charge < -0.3 is 14.4 Å². The summed E-state index contributed by atoms with van der Waals surface area (Å²) in [5, 5.41) is 0. The number of halogens is 1. The first kappa shape index (κ1) is 17.7. The zero-order valence-electron chi connectivity index (χ0n) is 12.7. The van der Waals surface area contributed by atoms with Crippen LogP contribution in [0.3, 0.4) is 0 Å². The molecule has 0 radical (unpaired) electrons. The molecule has 1 aromatic carbocycles. The number of benzene rings is 1. The van der Waals surface area contributed by atoms with Gasteiger partial charge in [-0.25, -0.2) is 0 Å². The molecule has 0 saturated heterocycles. The number of esters is 1. The maximum absolute atomic E-state index is 11.9. The van der Waals surface area contributed by atoms with E-state index in [1.165, 1.54) is 4.90 Å². The molecule has 0 aromatic heterocycles.